The lowest BCUT2D eigenvalue weighted by Crippen LogP contribution is -2.67. The number of aromatic nitrogens is 1. The van der Waals surface area contributed by atoms with Crippen molar-refractivity contribution in [1.29, 1.82) is 0 Å². The second-order valence-corrected chi connectivity index (χ2v) is 6.94. The van der Waals surface area contributed by atoms with Gasteiger partial charge in [-0.1, -0.05) is 26.0 Å². The van der Waals surface area contributed by atoms with Gasteiger partial charge in [-0.25, -0.2) is 0 Å². The zero-order valence-electron chi connectivity index (χ0n) is 12.7. The van der Waals surface area contributed by atoms with Crippen molar-refractivity contribution in [2.75, 3.05) is 11.9 Å². The van der Waals surface area contributed by atoms with E-state index < -0.39 is 0 Å². The van der Waals surface area contributed by atoms with Crippen molar-refractivity contribution < 1.29 is 4.74 Å². The first kappa shape index (κ1) is 13.1. The maximum Gasteiger partial charge on any atom is 0.0693 e. The number of anilines is 1. The third-order valence-corrected chi connectivity index (χ3v) is 5.32. The van der Waals surface area contributed by atoms with Crippen LogP contribution in [0.3, 0.4) is 0 Å². The third kappa shape index (κ3) is 1.95. The SMILES string of the molecule is CC1(C)C(Nc2cccc3cnccc23)C2CCCOC21. The molecule has 2 aromatic rings. The maximum atomic E-state index is 6.00. The van der Waals surface area contributed by atoms with Crippen molar-refractivity contribution >= 4 is 16.5 Å². The van der Waals surface area contributed by atoms with E-state index >= 15 is 0 Å². The summed E-state index contributed by atoms with van der Waals surface area (Å²) < 4.78 is 6.00. The van der Waals surface area contributed by atoms with Crippen LogP contribution in [0.4, 0.5) is 5.69 Å². The Morgan fingerprint density at radius 2 is 2.19 bits per heavy atom. The summed E-state index contributed by atoms with van der Waals surface area (Å²) >= 11 is 0. The Balaban J connectivity index is 1.66. The van der Waals surface area contributed by atoms with E-state index in [1.807, 2.05) is 12.4 Å². The molecule has 2 fully saturated rings. The van der Waals surface area contributed by atoms with Gasteiger partial charge in [-0.3, -0.25) is 4.98 Å². The van der Waals surface area contributed by atoms with E-state index in [0.717, 1.165) is 6.61 Å². The Hall–Kier alpha value is -1.61. The quantitative estimate of drug-likeness (QED) is 0.908. The molecule has 1 aliphatic carbocycles. The molecule has 1 aromatic carbocycles. The van der Waals surface area contributed by atoms with Crippen LogP contribution < -0.4 is 5.32 Å². The molecule has 1 aliphatic heterocycles. The molecule has 1 saturated heterocycles. The molecule has 3 heteroatoms. The number of benzene rings is 1. The molecule has 0 spiro atoms. The largest absolute Gasteiger partial charge is 0.381 e. The molecule has 2 heterocycles. The second kappa shape index (κ2) is 4.70. The molecule has 21 heavy (non-hydrogen) atoms. The van der Waals surface area contributed by atoms with E-state index in [4.69, 9.17) is 4.74 Å². The molecular weight excluding hydrogens is 260 g/mol. The summed E-state index contributed by atoms with van der Waals surface area (Å²) in [6, 6.07) is 8.98. The van der Waals surface area contributed by atoms with Gasteiger partial charge in [0.15, 0.2) is 0 Å². The average molecular weight is 282 g/mol. The molecule has 0 amide bonds. The van der Waals surface area contributed by atoms with Crippen molar-refractivity contribution in [2.24, 2.45) is 11.3 Å². The number of nitrogens with one attached hydrogen (secondary N) is 1. The summed E-state index contributed by atoms with van der Waals surface area (Å²) in [6.45, 7) is 5.57. The molecule has 1 saturated carbocycles. The molecule has 110 valence electrons. The molecule has 3 atom stereocenters. The lowest BCUT2D eigenvalue weighted by Gasteiger charge is -2.60. The van der Waals surface area contributed by atoms with E-state index in [1.54, 1.807) is 0 Å². The molecule has 0 bridgehead atoms. The Morgan fingerprint density at radius 3 is 3.10 bits per heavy atom. The van der Waals surface area contributed by atoms with Crippen molar-refractivity contribution in [2.45, 2.75) is 38.8 Å². The lowest BCUT2D eigenvalue weighted by atomic mass is 9.55. The van der Waals surface area contributed by atoms with Crippen LogP contribution in [0, 0.1) is 11.3 Å². The number of hydrogen-bond acceptors (Lipinski definition) is 3. The normalized spacial score (nSPS) is 30.5. The number of ether oxygens (including phenoxy) is 1. The maximum absolute atomic E-state index is 6.00. The third-order valence-electron chi connectivity index (χ3n) is 5.32. The van der Waals surface area contributed by atoms with Gasteiger partial charge in [-0.15, -0.1) is 0 Å². The minimum Gasteiger partial charge on any atom is -0.381 e. The van der Waals surface area contributed by atoms with Crippen LogP contribution in [-0.2, 0) is 4.74 Å². The highest BCUT2D eigenvalue weighted by atomic mass is 16.5. The highest BCUT2D eigenvalue weighted by Gasteiger charge is 2.57. The van der Waals surface area contributed by atoms with Gasteiger partial charge in [-0.05, 0) is 25.0 Å². The molecular formula is C18H22N2O. The van der Waals surface area contributed by atoms with Gasteiger partial charge in [0, 0.05) is 52.8 Å². The van der Waals surface area contributed by atoms with Crippen molar-refractivity contribution in [3.8, 4) is 0 Å². The van der Waals surface area contributed by atoms with Crippen LogP contribution in [0.15, 0.2) is 36.7 Å². The Kier molecular flexibility index (Phi) is 2.93. The predicted octanol–water partition coefficient (Wildman–Crippen LogP) is 3.85. The fraction of sp³-hybridized carbons (Fsp3) is 0.500. The van der Waals surface area contributed by atoms with Gasteiger partial charge < -0.3 is 10.1 Å². The first-order chi connectivity index (χ1) is 10.2. The fourth-order valence-corrected chi connectivity index (χ4v) is 4.23. The predicted molar refractivity (Wildman–Crippen MR) is 85.4 cm³/mol. The highest BCUT2D eigenvalue weighted by molar-refractivity contribution is 5.93. The van der Waals surface area contributed by atoms with Crippen LogP contribution in [0.1, 0.15) is 26.7 Å². The Labute approximate surface area is 125 Å². The van der Waals surface area contributed by atoms with E-state index in [1.165, 1.54) is 29.3 Å². The Bertz CT molecular complexity index is 662. The van der Waals surface area contributed by atoms with Crippen LogP contribution in [0.25, 0.3) is 10.8 Å². The number of hydrogen-bond donors (Lipinski definition) is 1. The first-order valence-corrected chi connectivity index (χ1v) is 7.89. The monoisotopic (exact) mass is 282 g/mol. The minimum atomic E-state index is 0.195. The standard InChI is InChI=1S/C18H22N2O/c1-18(2)16(14-6-4-10-21-17(14)18)20-15-7-3-5-12-11-19-9-8-13(12)15/h3,5,7-9,11,14,16-17,20H,4,6,10H2,1-2H3. The summed E-state index contributed by atoms with van der Waals surface area (Å²) in [5.74, 6) is 0.644. The molecule has 0 radical (unpaired) electrons. The molecule has 3 nitrogen and oxygen atoms in total. The van der Waals surface area contributed by atoms with Gasteiger partial charge in [0.25, 0.3) is 0 Å². The summed E-state index contributed by atoms with van der Waals surface area (Å²) in [4.78, 5) is 4.21. The van der Waals surface area contributed by atoms with E-state index in [-0.39, 0.29) is 5.41 Å². The molecule has 1 N–H and O–H groups in total. The Morgan fingerprint density at radius 1 is 1.29 bits per heavy atom. The minimum absolute atomic E-state index is 0.195. The number of fused-ring (bicyclic) bond motifs is 2. The number of pyridine rings is 1. The smallest absolute Gasteiger partial charge is 0.0693 e. The summed E-state index contributed by atoms with van der Waals surface area (Å²) in [6.07, 6.45) is 6.68. The van der Waals surface area contributed by atoms with E-state index in [0.29, 0.717) is 18.1 Å². The summed E-state index contributed by atoms with van der Waals surface area (Å²) in [5, 5.41) is 6.25. The van der Waals surface area contributed by atoms with Crippen LogP contribution in [0.2, 0.25) is 0 Å². The summed E-state index contributed by atoms with van der Waals surface area (Å²) in [5.41, 5.74) is 1.41. The first-order valence-electron chi connectivity index (χ1n) is 7.89. The van der Waals surface area contributed by atoms with Crippen LogP contribution in [-0.4, -0.2) is 23.7 Å². The second-order valence-electron chi connectivity index (χ2n) is 6.94. The topological polar surface area (TPSA) is 34.2 Å². The van der Waals surface area contributed by atoms with E-state index in [9.17, 15) is 0 Å². The van der Waals surface area contributed by atoms with Crippen molar-refractivity contribution in [1.82, 2.24) is 4.98 Å². The summed E-state index contributed by atoms with van der Waals surface area (Å²) in [7, 11) is 0. The van der Waals surface area contributed by atoms with E-state index in [2.05, 4.69) is 48.4 Å². The highest BCUT2D eigenvalue weighted by Crippen LogP contribution is 2.52. The molecule has 2 aliphatic rings. The number of nitrogens with zero attached hydrogens (tertiary/aromatic N) is 1. The van der Waals surface area contributed by atoms with Crippen LogP contribution >= 0.6 is 0 Å². The van der Waals surface area contributed by atoms with Crippen LogP contribution in [0.5, 0.6) is 0 Å². The average Bonchev–Trinajstić information content (AvgIpc) is 2.52. The van der Waals surface area contributed by atoms with Gasteiger partial charge >= 0.3 is 0 Å². The van der Waals surface area contributed by atoms with Gasteiger partial charge in [0.1, 0.15) is 0 Å². The molecule has 4 rings (SSSR count). The zero-order chi connectivity index (χ0) is 14.4. The molecule has 1 aromatic heterocycles. The van der Waals surface area contributed by atoms with Gasteiger partial charge in [0.05, 0.1) is 6.10 Å². The van der Waals surface area contributed by atoms with Crippen molar-refractivity contribution in [3.63, 3.8) is 0 Å². The number of rotatable bonds is 2. The lowest BCUT2D eigenvalue weighted by molar-refractivity contribution is -0.177. The van der Waals surface area contributed by atoms with Gasteiger partial charge in [-0.2, -0.15) is 0 Å². The van der Waals surface area contributed by atoms with Gasteiger partial charge in [0.2, 0.25) is 0 Å². The zero-order valence-corrected chi connectivity index (χ0v) is 12.7. The van der Waals surface area contributed by atoms with Crippen molar-refractivity contribution in [3.05, 3.63) is 36.7 Å². The molecule has 3 unspecified atom stereocenters. The fourth-order valence-electron chi connectivity index (χ4n) is 4.23.